The van der Waals surface area contributed by atoms with Gasteiger partial charge < -0.3 is 31.5 Å². The van der Waals surface area contributed by atoms with Crippen LogP contribution in [0.4, 0.5) is 10.2 Å². The number of hydrogen-bond acceptors (Lipinski definition) is 10. The number of aliphatic carboxylic acids is 1. The number of nitrogens with two attached hydrogens (primary N) is 2. The highest BCUT2D eigenvalue weighted by Crippen LogP contribution is 2.32. The quantitative estimate of drug-likeness (QED) is 0.251. The Kier molecular flexibility index (Phi) is 7.86. The molecule has 1 aromatic carbocycles. The first kappa shape index (κ1) is 25.6. The minimum absolute atomic E-state index is 0.164. The van der Waals surface area contributed by atoms with Crippen molar-refractivity contribution in [2.75, 3.05) is 25.4 Å². The molecule has 7 N–H and O–H groups in total. The van der Waals surface area contributed by atoms with Crippen LogP contribution >= 0.6 is 0 Å². The predicted octanol–water partition coefficient (Wildman–Crippen LogP) is -0.0158. The average Bonchev–Trinajstić information content (AvgIpc) is 3.40. The zero-order chi connectivity index (χ0) is 25.8. The van der Waals surface area contributed by atoms with E-state index < -0.39 is 36.6 Å². The third-order valence-electron chi connectivity index (χ3n) is 6.05. The number of carboxylic acids is 1. The Bertz CT molecular complexity index is 1220. The lowest BCUT2D eigenvalue weighted by atomic mass is 10.1. The number of ether oxygens (including phenoxy) is 1. The van der Waals surface area contributed by atoms with Gasteiger partial charge in [0.25, 0.3) is 0 Å². The van der Waals surface area contributed by atoms with Gasteiger partial charge in [0.1, 0.15) is 42.0 Å². The molecule has 36 heavy (non-hydrogen) atoms. The summed E-state index contributed by atoms with van der Waals surface area (Å²) in [4.78, 5) is 25.3. The highest BCUT2D eigenvalue weighted by molar-refractivity contribution is 5.81. The fourth-order valence-corrected chi connectivity index (χ4v) is 4.03. The minimum Gasteiger partial charge on any atom is -0.480 e. The van der Waals surface area contributed by atoms with Crippen molar-refractivity contribution >= 4 is 29.0 Å². The number of halogens is 1. The second kappa shape index (κ2) is 11.1. The van der Waals surface area contributed by atoms with Gasteiger partial charge in [-0.2, -0.15) is 0 Å². The molecule has 2 aromatic heterocycles. The third-order valence-corrected chi connectivity index (χ3v) is 6.05. The highest BCUT2D eigenvalue weighted by atomic mass is 19.1. The SMILES string of the molecule is Nc1ncnc2c1ncn2[C@@H]1O[C@H](CN(C/C=C/c2ccc(F)cc2)CC[C@H](N)C(=O)O)[C@@H](O)[C@H]1O. The van der Waals surface area contributed by atoms with Gasteiger partial charge in [0, 0.05) is 19.6 Å². The normalized spacial score (nSPS) is 23.1. The first-order chi connectivity index (χ1) is 17.2. The number of anilines is 1. The number of nitrogens with zero attached hydrogens (tertiary/aromatic N) is 5. The number of fused-ring (bicyclic) bond motifs is 1. The van der Waals surface area contributed by atoms with Crippen molar-refractivity contribution in [3.05, 3.63) is 54.4 Å². The first-order valence-electron chi connectivity index (χ1n) is 11.3. The third kappa shape index (κ3) is 5.66. The number of carbonyl (C=O) groups is 1. The van der Waals surface area contributed by atoms with Crippen molar-refractivity contribution in [3.63, 3.8) is 0 Å². The van der Waals surface area contributed by atoms with E-state index in [1.54, 1.807) is 18.2 Å². The molecule has 0 radical (unpaired) electrons. The summed E-state index contributed by atoms with van der Waals surface area (Å²) < 4.78 is 20.6. The number of aliphatic hydroxyl groups is 2. The molecule has 0 amide bonds. The van der Waals surface area contributed by atoms with Crippen molar-refractivity contribution in [1.29, 1.82) is 0 Å². The zero-order valence-electron chi connectivity index (χ0n) is 19.3. The monoisotopic (exact) mass is 501 g/mol. The minimum atomic E-state index is -1.28. The lowest BCUT2D eigenvalue weighted by molar-refractivity contribution is -0.138. The number of nitrogen functional groups attached to an aromatic ring is 1. The van der Waals surface area contributed by atoms with Crippen LogP contribution in [0, 0.1) is 5.82 Å². The summed E-state index contributed by atoms with van der Waals surface area (Å²) in [5.74, 6) is -1.27. The van der Waals surface area contributed by atoms with Crippen LogP contribution in [0.2, 0.25) is 0 Å². The molecule has 0 spiro atoms. The maximum absolute atomic E-state index is 13.1. The Morgan fingerprint density at radius 3 is 2.69 bits per heavy atom. The van der Waals surface area contributed by atoms with E-state index >= 15 is 0 Å². The molecule has 13 heteroatoms. The predicted molar refractivity (Wildman–Crippen MR) is 128 cm³/mol. The summed E-state index contributed by atoms with van der Waals surface area (Å²) >= 11 is 0. The van der Waals surface area contributed by atoms with Gasteiger partial charge in [0.05, 0.1) is 6.33 Å². The molecule has 3 aromatic rings. The molecule has 3 heterocycles. The Morgan fingerprint density at radius 2 is 1.97 bits per heavy atom. The molecule has 0 bridgehead atoms. The summed E-state index contributed by atoms with van der Waals surface area (Å²) in [6, 6.07) is 4.92. The Balaban J connectivity index is 1.48. The van der Waals surface area contributed by atoms with Gasteiger partial charge in [-0.25, -0.2) is 19.3 Å². The van der Waals surface area contributed by atoms with E-state index in [0.29, 0.717) is 24.3 Å². The van der Waals surface area contributed by atoms with Crippen molar-refractivity contribution in [2.24, 2.45) is 5.73 Å². The van der Waals surface area contributed by atoms with Crippen molar-refractivity contribution in [2.45, 2.75) is 37.0 Å². The van der Waals surface area contributed by atoms with Gasteiger partial charge >= 0.3 is 5.97 Å². The van der Waals surface area contributed by atoms with Crippen molar-refractivity contribution in [1.82, 2.24) is 24.4 Å². The van der Waals surface area contributed by atoms with Crippen LogP contribution in [0.1, 0.15) is 18.2 Å². The second-order valence-electron chi connectivity index (χ2n) is 8.58. The summed E-state index contributed by atoms with van der Waals surface area (Å²) in [7, 11) is 0. The second-order valence-corrected chi connectivity index (χ2v) is 8.58. The number of hydrogen-bond donors (Lipinski definition) is 5. The molecule has 1 fully saturated rings. The summed E-state index contributed by atoms with van der Waals surface area (Å²) in [5.41, 5.74) is 13.0. The van der Waals surface area contributed by atoms with E-state index in [-0.39, 0.29) is 24.6 Å². The molecule has 5 atom stereocenters. The summed E-state index contributed by atoms with van der Waals surface area (Å²) in [5, 5.41) is 30.6. The standard InChI is InChI=1S/C23H28FN7O5/c24-14-5-3-13(4-6-14)2-1-8-30(9-7-15(25)23(34)35)10-16-18(32)19(33)22(36-16)31-12-29-17-20(26)27-11-28-21(17)31/h1-6,11-12,15-16,18-19,22,32-33H,7-10,25H2,(H,34,35)(H2,26,27,28)/b2-1+/t15-,16+,18+,19+,22+/m0/s1. The topological polar surface area (TPSA) is 186 Å². The molecular formula is C23H28FN7O5. The molecule has 192 valence electrons. The number of benzene rings is 1. The van der Waals surface area contributed by atoms with Gasteiger partial charge in [0.15, 0.2) is 17.7 Å². The average molecular weight is 502 g/mol. The van der Waals surface area contributed by atoms with Crippen LogP contribution in [0.15, 0.2) is 43.0 Å². The summed E-state index contributed by atoms with van der Waals surface area (Å²) in [6.45, 7) is 0.847. The maximum Gasteiger partial charge on any atom is 0.320 e. The molecular weight excluding hydrogens is 473 g/mol. The Morgan fingerprint density at radius 1 is 1.22 bits per heavy atom. The van der Waals surface area contributed by atoms with Crippen LogP contribution in [-0.4, -0.2) is 89.7 Å². The van der Waals surface area contributed by atoms with Gasteiger partial charge in [-0.05, 0) is 24.1 Å². The van der Waals surface area contributed by atoms with Crippen LogP contribution in [0.5, 0.6) is 0 Å². The van der Waals surface area contributed by atoms with E-state index in [2.05, 4.69) is 15.0 Å². The van der Waals surface area contributed by atoms with E-state index in [9.17, 15) is 19.4 Å². The fraction of sp³-hybridized carbons (Fsp3) is 0.391. The lowest BCUT2D eigenvalue weighted by Gasteiger charge is -2.26. The van der Waals surface area contributed by atoms with E-state index in [1.165, 1.54) is 29.4 Å². The van der Waals surface area contributed by atoms with Gasteiger partial charge in [0.2, 0.25) is 0 Å². The van der Waals surface area contributed by atoms with E-state index in [0.717, 1.165) is 5.56 Å². The van der Waals surface area contributed by atoms with Crippen LogP contribution in [0.3, 0.4) is 0 Å². The lowest BCUT2D eigenvalue weighted by Crippen LogP contribution is -2.42. The highest BCUT2D eigenvalue weighted by Gasteiger charge is 2.44. The van der Waals surface area contributed by atoms with Crippen LogP contribution in [-0.2, 0) is 9.53 Å². The number of imidazole rings is 1. The molecule has 0 saturated carbocycles. The molecule has 0 aliphatic carbocycles. The number of rotatable bonds is 10. The van der Waals surface area contributed by atoms with Gasteiger partial charge in [-0.1, -0.05) is 24.3 Å². The smallest absolute Gasteiger partial charge is 0.320 e. The molecule has 0 unspecified atom stereocenters. The number of aromatic nitrogens is 4. The largest absolute Gasteiger partial charge is 0.480 e. The molecule has 4 rings (SSSR count). The number of carboxylic acid groups (broad SMARTS) is 1. The first-order valence-corrected chi connectivity index (χ1v) is 11.3. The molecule has 12 nitrogen and oxygen atoms in total. The summed E-state index contributed by atoms with van der Waals surface area (Å²) in [6.07, 6.45) is 2.19. The van der Waals surface area contributed by atoms with Crippen LogP contribution in [0.25, 0.3) is 17.2 Å². The Hall–Kier alpha value is -3.49. The van der Waals surface area contributed by atoms with E-state index in [4.69, 9.17) is 21.3 Å². The maximum atomic E-state index is 13.1. The van der Waals surface area contributed by atoms with E-state index in [1.807, 2.05) is 11.0 Å². The number of aliphatic hydroxyl groups excluding tert-OH is 2. The molecule has 1 aliphatic heterocycles. The van der Waals surface area contributed by atoms with Crippen molar-refractivity contribution < 1.29 is 29.2 Å². The zero-order valence-corrected chi connectivity index (χ0v) is 19.3. The Labute approximate surface area is 205 Å². The molecule has 1 aliphatic rings. The molecule has 1 saturated heterocycles. The van der Waals surface area contributed by atoms with Crippen LogP contribution < -0.4 is 11.5 Å². The van der Waals surface area contributed by atoms with Gasteiger partial charge in [-0.3, -0.25) is 14.3 Å². The fourth-order valence-electron chi connectivity index (χ4n) is 4.03. The van der Waals surface area contributed by atoms with Gasteiger partial charge in [-0.15, -0.1) is 0 Å². The van der Waals surface area contributed by atoms with Crippen molar-refractivity contribution in [3.8, 4) is 0 Å².